The Bertz CT molecular complexity index is 1440. The molecule has 0 unspecified atom stereocenters. The number of nitrogens with zero attached hydrogens (tertiary/aromatic N) is 1. The van der Waals surface area contributed by atoms with E-state index >= 15 is 0 Å². The number of rotatable bonds is 10. The maximum absolute atomic E-state index is 14.6. The fourth-order valence-corrected chi connectivity index (χ4v) is 5.48. The Morgan fingerprint density at radius 1 is 1.18 bits per heavy atom. The van der Waals surface area contributed by atoms with Crippen LogP contribution in [0, 0.1) is 17.0 Å². The number of methoxy groups -OCH3 is 1. The third-order valence-electron chi connectivity index (χ3n) is 6.37. The summed E-state index contributed by atoms with van der Waals surface area (Å²) in [5.74, 6) is -5.03. The highest BCUT2D eigenvalue weighted by molar-refractivity contribution is 7.16. The summed E-state index contributed by atoms with van der Waals surface area (Å²) in [4.78, 5) is 29.6. The molecule has 1 aliphatic rings. The van der Waals surface area contributed by atoms with Crippen molar-refractivity contribution in [1.82, 2.24) is 4.98 Å². The minimum absolute atomic E-state index is 0.138. The number of hydrogen-bond acceptors (Lipinski definition) is 6. The molecule has 2 N–H and O–H groups in total. The van der Waals surface area contributed by atoms with Gasteiger partial charge in [-0.25, -0.2) is 18.6 Å². The first-order chi connectivity index (χ1) is 19.0. The van der Waals surface area contributed by atoms with Gasteiger partial charge >= 0.3 is 5.97 Å². The molecule has 3 aromatic rings. The number of aromatic nitrogens is 1. The normalized spacial score (nSPS) is 13.0. The van der Waals surface area contributed by atoms with Gasteiger partial charge in [0.1, 0.15) is 11.6 Å². The number of thiazole rings is 1. The number of amides is 1. The summed E-state index contributed by atoms with van der Waals surface area (Å²) in [6.07, 6.45) is 4.19. The smallest absolute Gasteiger partial charge is 0.371 e. The average molecular weight is 571 g/mol. The molecule has 0 aliphatic heterocycles. The minimum Gasteiger partial charge on any atom is -0.490 e. The number of carbonyl (C=O) groups is 2. The van der Waals surface area contributed by atoms with Crippen molar-refractivity contribution in [3.63, 3.8) is 0 Å². The van der Waals surface area contributed by atoms with Gasteiger partial charge in [0.05, 0.1) is 19.4 Å². The summed E-state index contributed by atoms with van der Waals surface area (Å²) < 4.78 is 39.7. The molecule has 1 amide bonds. The molecule has 0 saturated carbocycles. The number of benzene rings is 2. The van der Waals surface area contributed by atoms with Crippen molar-refractivity contribution < 1.29 is 33.0 Å². The maximum Gasteiger partial charge on any atom is 0.371 e. The zero-order chi connectivity index (χ0) is 29.0. The van der Waals surface area contributed by atoms with Crippen LogP contribution in [0.25, 0.3) is 17.3 Å². The lowest BCUT2D eigenvalue weighted by Gasteiger charge is -2.20. The lowest BCUT2D eigenvalue weighted by atomic mass is 9.88. The van der Waals surface area contributed by atoms with E-state index in [2.05, 4.69) is 41.9 Å². The number of carboxylic acid groups (broad SMARTS) is 1. The largest absolute Gasteiger partial charge is 0.490 e. The van der Waals surface area contributed by atoms with Crippen LogP contribution < -0.4 is 5.32 Å². The molecule has 4 rings (SSSR count). The predicted molar refractivity (Wildman–Crippen MR) is 150 cm³/mol. The Balaban J connectivity index is 1.48. The van der Waals surface area contributed by atoms with Crippen LogP contribution in [-0.4, -0.2) is 42.3 Å². The minimum atomic E-state index is -1.48. The second-order valence-corrected chi connectivity index (χ2v) is 11.9. The summed E-state index contributed by atoms with van der Waals surface area (Å²) in [6.45, 7) is 7.86. The highest BCUT2D eigenvalue weighted by atomic mass is 32.1. The van der Waals surface area contributed by atoms with Gasteiger partial charge in [0.25, 0.3) is 5.91 Å². The van der Waals surface area contributed by atoms with Crippen LogP contribution in [0.1, 0.15) is 59.1 Å². The molecule has 1 aromatic heterocycles. The van der Waals surface area contributed by atoms with Crippen molar-refractivity contribution in [1.29, 1.82) is 0 Å². The molecule has 10 heteroatoms. The van der Waals surface area contributed by atoms with E-state index in [9.17, 15) is 18.4 Å². The summed E-state index contributed by atoms with van der Waals surface area (Å²) in [5.41, 5.74) is 3.62. The number of halogens is 2. The molecule has 0 atom stereocenters. The molecular weight excluding hydrogens is 538 g/mol. The summed E-state index contributed by atoms with van der Waals surface area (Å²) in [7, 11) is 1.08. The maximum atomic E-state index is 14.6. The fraction of sp³-hybridized carbons (Fsp3) is 0.367. The van der Waals surface area contributed by atoms with E-state index in [0.29, 0.717) is 11.7 Å². The molecule has 1 aliphatic carbocycles. The highest BCUT2D eigenvalue weighted by Gasteiger charge is 2.24. The monoisotopic (exact) mass is 570 g/mol. The predicted octanol–water partition coefficient (Wildman–Crippen LogP) is 6.51. The summed E-state index contributed by atoms with van der Waals surface area (Å²) in [5, 5.41) is 12.0. The van der Waals surface area contributed by atoms with Gasteiger partial charge in [-0.3, -0.25) is 10.1 Å². The molecule has 0 spiro atoms. The Labute approximate surface area is 235 Å². The van der Waals surface area contributed by atoms with Gasteiger partial charge in [0.2, 0.25) is 5.76 Å². The van der Waals surface area contributed by atoms with Crippen LogP contribution in [0.2, 0.25) is 0 Å². The molecule has 0 saturated heterocycles. The Hall–Kier alpha value is -3.63. The molecule has 7 nitrogen and oxygen atoms in total. The van der Waals surface area contributed by atoms with Crippen molar-refractivity contribution in [3.05, 3.63) is 74.9 Å². The van der Waals surface area contributed by atoms with Gasteiger partial charge in [0.15, 0.2) is 5.13 Å². The quantitative estimate of drug-likeness (QED) is 0.164. The van der Waals surface area contributed by atoms with E-state index in [1.807, 2.05) is 12.1 Å². The van der Waals surface area contributed by atoms with Gasteiger partial charge in [-0.1, -0.05) is 39.0 Å². The SMILES string of the molecule is COC(=Cc1c(F)cc(C(=O)Nc2nc3c(s2)CCc2c(CCCOCC(C)(C)C)cccc2-3)cc1F)C(=O)O. The highest BCUT2D eigenvalue weighted by Crippen LogP contribution is 2.39. The van der Waals surface area contributed by atoms with Crippen LogP contribution in [0.3, 0.4) is 0 Å². The van der Waals surface area contributed by atoms with Crippen molar-refractivity contribution in [2.45, 2.75) is 46.5 Å². The van der Waals surface area contributed by atoms with Crippen LogP contribution in [-0.2, 0) is 33.5 Å². The fourth-order valence-electron chi connectivity index (χ4n) is 4.51. The van der Waals surface area contributed by atoms with Crippen molar-refractivity contribution >= 4 is 34.4 Å². The van der Waals surface area contributed by atoms with Crippen molar-refractivity contribution in [3.8, 4) is 11.3 Å². The topological polar surface area (TPSA) is 97.8 Å². The second-order valence-electron chi connectivity index (χ2n) is 10.8. The van der Waals surface area contributed by atoms with E-state index in [1.165, 1.54) is 22.5 Å². The lowest BCUT2D eigenvalue weighted by Crippen LogP contribution is -2.15. The summed E-state index contributed by atoms with van der Waals surface area (Å²) in [6, 6.07) is 7.87. The molecule has 0 bridgehead atoms. The summed E-state index contributed by atoms with van der Waals surface area (Å²) >= 11 is 1.34. The number of ether oxygens (including phenoxy) is 2. The Morgan fingerprint density at radius 2 is 1.90 bits per heavy atom. The number of aryl methyl sites for hydroxylation is 2. The molecule has 0 radical (unpaired) electrons. The number of carbonyl (C=O) groups excluding carboxylic acids is 1. The van der Waals surface area contributed by atoms with E-state index in [0.717, 1.165) is 73.7 Å². The third-order valence-corrected chi connectivity index (χ3v) is 7.40. The first kappa shape index (κ1) is 29.4. The molecular formula is C30H32F2N2O5S. The van der Waals surface area contributed by atoms with E-state index in [4.69, 9.17) is 9.84 Å². The van der Waals surface area contributed by atoms with E-state index in [-0.39, 0.29) is 11.0 Å². The first-order valence-corrected chi connectivity index (χ1v) is 13.8. The second kappa shape index (κ2) is 12.3. The molecule has 0 fully saturated rings. The number of nitrogens with one attached hydrogen (secondary N) is 1. The van der Waals surface area contributed by atoms with Crippen LogP contribution >= 0.6 is 11.3 Å². The molecule has 212 valence electrons. The molecule has 1 heterocycles. The first-order valence-electron chi connectivity index (χ1n) is 12.9. The number of hydrogen-bond donors (Lipinski definition) is 2. The molecule has 2 aromatic carbocycles. The van der Waals surface area contributed by atoms with Gasteiger partial charge in [-0.2, -0.15) is 0 Å². The van der Waals surface area contributed by atoms with E-state index in [1.54, 1.807) is 0 Å². The number of aliphatic carboxylic acids is 1. The number of carboxylic acids is 1. The van der Waals surface area contributed by atoms with Crippen LogP contribution in [0.5, 0.6) is 0 Å². The number of fused-ring (bicyclic) bond motifs is 3. The Morgan fingerprint density at radius 3 is 2.55 bits per heavy atom. The Kier molecular flexibility index (Phi) is 9.00. The van der Waals surface area contributed by atoms with Gasteiger partial charge in [0, 0.05) is 34.3 Å². The third kappa shape index (κ3) is 6.92. The standard InChI is InChI=1S/C30H32F2N2O5S/c1-30(2,3)16-39-12-6-8-17-7-5-9-20-19(17)10-11-25-26(20)33-29(40-25)34-27(35)18-13-22(31)21(23(32)14-18)15-24(38-4)28(36)37/h5,7,9,13-15H,6,8,10-12,16H2,1-4H3,(H,36,37)(H,33,34,35). The van der Waals surface area contributed by atoms with Crippen LogP contribution in [0.4, 0.5) is 13.9 Å². The van der Waals surface area contributed by atoms with Crippen LogP contribution in [0.15, 0.2) is 36.1 Å². The number of anilines is 1. The zero-order valence-electron chi connectivity index (χ0n) is 22.9. The lowest BCUT2D eigenvalue weighted by molar-refractivity contribution is -0.135. The van der Waals surface area contributed by atoms with Gasteiger partial charge < -0.3 is 14.6 Å². The average Bonchev–Trinajstić information content (AvgIpc) is 3.30. The zero-order valence-corrected chi connectivity index (χ0v) is 23.7. The van der Waals surface area contributed by atoms with Gasteiger partial charge in [-0.05, 0) is 54.4 Å². The van der Waals surface area contributed by atoms with Crippen molar-refractivity contribution in [2.24, 2.45) is 5.41 Å². The van der Waals surface area contributed by atoms with Gasteiger partial charge in [-0.15, -0.1) is 11.3 Å². The van der Waals surface area contributed by atoms with Crippen molar-refractivity contribution in [2.75, 3.05) is 25.6 Å². The molecule has 40 heavy (non-hydrogen) atoms. The van der Waals surface area contributed by atoms with E-state index < -0.39 is 34.8 Å².